The molecule has 0 aliphatic carbocycles. The number of aryl methyl sites for hydroxylation is 1. The number of hydrogen-bond acceptors (Lipinski definition) is 2. The summed E-state index contributed by atoms with van der Waals surface area (Å²) in [5.74, 6) is 0. The first kappa shape index (κ1) is 11.7. The molecule has 0 saturated heterocycles. The van der Waals surface area contributed by atoms with Crippen LogP contribution in [0.2, 0.25) is 0 Å². The molecule has 80 valence electrons. The Bertz CT molecular complexity index is 320. The van der Waals surface area contributed by atoms with Crippen LogP contribution in [0.15, 0.2) is 10.7 Å². The molecule has 0 radical (unpaired) electrons. The summed E-state index contributed by atoms with van der Waals surface area (Å²) in [5, 5.41) is 4.06. The minimum absolute atomic E-state index is 0.509. The van der Waals surface area contributed by atoms with Crippen molar-refractivity contribution in [1.29, 1.82) is 0 Å². The number of aromatic nitrogens is 2. The molecule has 1 aromatic heterocycles. The van der Waals surface area contributed by atoms with Gasteiger partial charge in [-0.15, -0.1) is 0 Å². The largest absolute Gasteiger partial charge is 0.325 e. The van der Waals surface area contributed by atoms with Gasteiger partial charge in [0.05, 0.1) is 16.4 Å². The van der Waals surface area contributed by atoms with E-state index in [9.17, 15) is 4.39 Å². The van der Waals surface area contributed by atoms with E-state index in [4.69, 9.17) is 5.73 Å². The van der Waals surface area contributed by atoms with Crippen LogP contribution < -0.4 is 5.73 Å². The Balaban J connectivity index is 3.22. The molecular formula is C9H15BrFN3. The highest BCUT2D eigenvalue weighted by molar-refractivity contribution is 9.10. The first-order valence-corrected chi connectivity index (χ1v) is 5.36. The lowest BCUT2D eigenvalue weighted by Gasteiger charge is -2.25. The average Bonchev–Trinajstić information content (AvgIpc) is 2.46. The zero-order valence-electron chi connectivity index (χ0n) is 8.59. The van der Waals surface area contributed by atoms with Crippen LogP contribution in [0.1, 0.15) is 26.5 Å². The summed E-state index contributed by atoms with van der Waals surface area (Å²) in [6.07, 6.45) is 1.60. The Morgan fingerprint density at radius 2 is 2.36 bits per heavy atom. The summed E-state index contributed by atoms with van der Waals surface area (Å²) in [4.78, 5) is 0. The lowest BCUT2D eigenvalue weighted by molar-refractivity contribution is 0.143. The number of nitrogens with zero attached hydrogens (tertiary/aromatic N) is 2. The van der Waals surface area contributed by atoms with Crippen molar-refractivity contribution in [1.82, 2.24) is 9.78 Å². The van der Waals surface area contributed by atoms with Gasteiger partial charge in [0, 0.05) is 12.6 Å². The summed E-state index contributed by atoms with van der Waals surface area (Å²) in [6, 6.07) is -0.569. The van der Waals surface area contributed by atoms with E-state index in [0.29, 0.717) is 16.7 Å². The molecule has 14 heavy (non-hydrogen) atoms. The summed E-state index contributed by atoms with van der Waals surface area (Å²) < 4.78 is 16.6. The maximum atomic E-state index is 14.3. The van der Waals surface area contributed by atoms with Crippen LogP contribution in [0.5, 0.6) is 0 Å². The highest BCUT2D eigenvalue weighted by Gasteiger charge is 2.36. The molecule has 0 saturated carbocycles. The van der Waals surface area contributed by atoms with Gasteiger partial charge in [-0.2, -0.15) is 5.10 Å². The molecule has 0 aliphatic rings. The van der Waals surface area contributed by atoms with Gasteiger partial charge in [-0.1, -0.05) is 0 Å². The second-order valence-corrected chi connectivity index (χ2v) is 4.38. The smallest absolute Gasteiger partial charge is 0.165 e. The SMILES string of the molecule is CCn1ncc(Br)c1C(C)(F)C(C)N. The fourth-order valence-electron chi connectivity index (χ4n) is 1.30. The van der Waals surface area contributed by atoms with E-state index >= 15 is 0 Å². The van der Waals surface area contributed by atoms with Crippen LogP contribution in [-0.2, 0) is 12.2 Å². The highest BCUT2D eigenvalue weighted by Crippen LogP contribution is 2.33. The number of rotatable bonds is 3. The van der Waals surface area contributed by atoms with E-state index in [1.54, 1.807) is 17.8 Å². The van der Waals surface area contributed by atoms with Crippen molar-refractivity contribution in [3.8, 4) is 0 Å². The van der Waals surface area contributed by atoms with Crippen LogP contribution in [0.25, 0.3) is 0 Å². The number of halogens is 2. The van der Waals surface area contributed by atoms with E-state index in [-0.39, 0.29) is 0 Å². The number of alkyl halides is 1. The van der Waals surface area contributed by atoms with Crippen molar-refractivity contribution in [2.75, 3.05) is 0 Å². The molecule has 3 nitrogen and oxygen atoms in total. The van der Waals surface area contributed by atoms with Crippen LogP contribution >= 0.6 is 15.9 Å². The molecule has 2 N–H and O–H groups in total. The Labute approximate surface area is 91.6 Å². The van der Waals surface area contributed by atoms with Gasteiger partial charge in [0.2, 0.25) is 0 Å². The number of nitrogens with two attached hydrogens (primary N) is 1. The quantitative estimate of drug-likeness (QED) is 0.909. The molecule has 5 heteroatoms. The minimum atomic E-state index is -1.56. The molecule has 0 bridgehead atoms. The molecule has 1 aromatic rings. The Kier molecular flexibility index (Phi) is 3.32. The standard InChI is InChI=1S/C9H15BrFN3/c1-4-14-8(7(10)5-13-14)9(3,11)6(2)12/h5-6H,4,12H2,1-3H3. The van der Waals surface area contributed by atoms with Gasteiger partial charge >= 0.3 is 0 Å². The van der Waals surface area contributed by atoms with Gasteiger partial charge in [-0.25, -0.2) is 4.39 Å². The van der Waals surface area contributed by atoms with E-state index in [2.05, 4.69) is 21.0 Å². The molecule has 2 unspecified atom stereocenters. The second kappa shape index (κ2) is 3.98. The molecule has 1 rings (SSSR count). The lowest BCUT2D eigenvalue weighted by Crippen LogP contribution is -2.39. The minimum Gasteiger partial charge on any atom is -0.325 e. The second-order valence-electron chi connectivity index (χ2n) is 3.52. The van der Waals surface area contributed by atoms with Gasteiger partial charge in [0.25, 0.3) is 0 Å². The Hall–Kier alpha value is -0.420. The van der Waals surface area contributed by atoms with E-state index in [1.807, 2.05) is 6.92 Å². The molecule has 0 spiro atoms. The van der Waals surface area contributed by atoms with E-state index in [1.165, 1.54) is 6.92 Å². The fraction of sp³-hybridized carbons (Fsp3) is 0.667. The molecule has 0 amide bonds. The summed E-state index contributed by atoms with van der Waals surface area (Å²) in [6.45, 7) is 5.68. The molecular weight excluding hydrogens is 249 g/mol. The summed E-state index contributed by atoms with van der Waals surface area (Å²) >= 11 is 3.28. The monoisotopic (exact) mass is 263 g/mol. The van der Waals surface area contributed by atoms with Gasteiger partial charge in [-0.05, 0) is 36.7 Å². The third kappa shape index (κ3) is 1.83. The molecule has 1 heterocycles. The van der Waals surface area contributed by atoms with Crippen LogP contribution in [0.4, 0.5) is 4.39 Å². The zero-order chi connectivity index (χ0) is 10.9. The van der Waals surface area contributed by atoms with E-state index in [0.717, 1.165) is 0 Å². The highest BCUT2D eigenvalue weighted by atomic mass is 79.9. The Morgan fingerprint density at radius 1 is 1.79 bits per heavy atom. The molecule has 0 fully saturated rings. The topological polar surface area (TPSA) is 43.8 Å². The average molecular weight is 264 g/mol. The van der Waals surface area contributed by atoms with Crippen molar-refractivity contribution in [3.63, 3.8) is 0 Å². The molecule has 0 aromatic carbocycles. The van der Waals surface area contributed by atoms with Crippen molar-refractivity contribution < 1.29 is 4.39 Å². The third-order valence-corrected chi connectivity index (χ3v) is 2.99. The van der Waals surface area contributed by atoms with Crippen molar-refractivity contribution >= 4 is 15.9 Å². The van der Waals surface area contributed by atoms with Crippen molar-refractivity contribution in [2.45, 2.75) is 39.0 Å². The maximum absolute atomic E-state index is 14.3. The van der Waals surface area contributed by atoms with Crippen molar-refractivity contribution in [3.05, 3.63) is 16.4 Å². The van der Waals surface area contributed by atoms with E-state index < -0.39 is 11.7 Å². The van der Waals surface area contributed by atoms with Gasteiger partial charge in [0.1, 0.15) is 0 Å². The Morgan fingerprint density at radius 3 is 2.79 bits per heavy atom. The first-order valence-electron chi connectivity index (χ1n) is 4.57. The molecule has 0 aliphatic heterocycles. The van der Waals surface area contributed by atoms with Gasteiger partial charge in [-0.3, -0.25) is 4.68 Å². The first-order chi connectivity index (χ1) is 6.41. The fourth-order valence-corrected chi connectivity index (χ4v) is 1.99. The molecule has 2 atom stereocenters. The zero-order valence-corrected chi connectivity index (χ0v) is 10.2. The number of hydrogen-bond donors (Lipinski definition) is 1. The predicted octanol–water partition coefficient (Wildman–Crippen LogP) is 2.20. The van der Waals surface area contributed by atoms with Crippen LogP contribution in [0.3, 0.4) is 0 Å². The lowest BCUT2D eigenvalue weighted by atomic mass is 9.97. The normalized spacial score (nSPS) is 17.9. The van der Waals surface area contributed by atoms with Crippen molar-refractivity contribution in [2.24, 2.45) is 5.73 Å². The van der Waals surface area contributed by atoms with Crippen LogP contribution in [0, 0.1) is 0 Å². The maximum Gasteiger partial charge on any atom is 0.165 e. The third-order valence-electron chi connectivity index (χ3n) is 2.41. The summed E-state index contributed by atoms with van der Waals surface area (Å²) in [7, 11) is 0. The predicted molar refractivity (Wildman–Crippen MR) is 57.7 cm³/mol. The summed E-state index contributed by atoms with van der Waals surface area (Å²) in [5.41, 5.74) is 4.56. The van der Waals surface area contributed by atoms with Gasteiger partial charge in [0.15, 0.2) is 5.67 Å². The van der Waals surface area contributed by atoms with Crippen LogP contribution in [-0.4, -0.2) is 15.8 Å². The van der Waals surface area contributed by atoms with Gasteiger partial charge < -0.3 is 5.73 Å².